The summed E-state index contributed by atoms with van der Waals surface area (Å²) in [6.07, 6.45) is -0.599. The molecule has 0 fully saturated rings. The van der Waals surface area contributed by atoms with Crippen LogP contribution in [-0.4, -0.2) is 18.2 Å². The van der Waals surface area contributed by atoms with E-state index < -0.39 is 6.09 Å². The second kappa shape index (κ2) is 7.17. The Morgan fingerprint density at radius 3 is 2.71 bits per heavy atom. The van der Waals surface area contributed by atoms with Crippen LogP contribution in [0.3, 0.4) is 0 Å². The van der Waals surface area contributed by atoms with Crippen LogP contribution in [0, 0.1) is 0 Å². The number of methoxy groups -OCH3 is 1. The topological polar surface area (TPSA) is 60.5 Å². The molecular formula is C12H9Cl3N2O3S. The number of hydrogen-bond donors (Lipinski definition) is 1. The molecule has 1 aromatic carbocycles. The van der Waals surface area contributed by atoms with E-state index in [0.29, 0.717) is 25.8 Å². The first kappa shape index (κ1) is 16.2. The van der Waals surface area contributed by atoms with Gasteiger partial charge in [-0.05, 0) is 12.1 Å². The van der Waals surface area contributed by atoms with Gasteiger partial charge in [0.05, 0.1) is 17.8 Å². The number of nitrogens with zero attached hydrogens (tertiary/aromatic N) is 1. The number of halogens is 3. The predicted molar refractivity (Wildman–Crippen MR) is 83.9 cm³/mol. The molecule has 0 atom stereocenters. The summed E-state index contributed by atoms with van der Waals surface area (Å²) in [5.74, 6) is 0.526. The van der Waals surface area contributed by atoms with Crippen molar-refractivity contribution in [3.8, 4) is 5.75 Å². The van der Waals surface area contributed by atoms with E-state index in [2.05, 4.69) is 15.0 Å². The van der Waals surface area contributed by atoms with E-state index in [0.717, 1.165) is 0 Å². The van der Waals surface area contributed by atoms with Crippen molar-refractivity contribution in [2.24, 2.45) is 0 Å². The quantitative estimate of drug-likeness (QED) is 0.838. The predicted octanol–water partition coefficient (Wildman–Crippen LogP) is 4.86. The molecule has 0 aliphatic carbocycles. The average molecular weight is 368 g/mol. The van der Waals surface area contributed by atoms with Crippen molar-refractivity contribution in [3.05, 3.63) is 37.7 Å². The highest BCUT2D eigenvalue weighted by atomic mass is 35.5. The van der Waals surface area contributed by atoms with Gasteiger partial charge in [-0.15, -0.1) is 11.3 Å². The largest absolute Gasteiger partial charge is 0.486 e. The lowest BCUT2D eigenvalue weighted by molar-refractivity contribution is 0.187. The minimum absolute atomic E-state index is 0.219. The zero-order valence-corrected chi connectivity index (χ0v) is 13.7. The number of ether oxygens (including phenoxy) is 2. The van der Waals surface area contributed by atoms with Crippen LogP contribution in [0.15, 0.2) is 18.2 Å². The molecule has 1 N–H and O–H groups in total. The van der Waals surface area contributed by atoms with Gasteiger partial charge in [0.1, 0.15) is 21.7 Å². The molecule has 0 aliphatic rings. The van der Waals surface area contributed by atoms with Gasteiger partial charge in [-0.2, -0.15) is 0 Å². The first-order chi connectivity index (χ1) is 9.99. The molecule has 0 bridgehead atoms. The molecule has 21 heavy (non-hydrogen) atoms. The van der Waals surface area contributed by atoms with E-state index in [9.17, 15) is 4.79 Å². The lowest BCUT2D eigenvalue weighted by Crippen LogP contribution is -2.11. The minimum atomic E-state index is -0.599. The first-order valence-electron chi connectivity index (χ1n) is 5.57. The Morgan fingerprint density at radius 2 is 2.14 bits per heavy atom. The normalized spacial score (nSPS) is 10.3. The molecule has 112 valence electrons. The number of aromatic nitrogens is 1. The lowest BCUT2D eigenvalue weighted by Gasteiger charge is -2.08. The highest BCUT2D eigenvalue weighted by Crippen LogP contribution is 2.30. The van der Waals surface area contributed by atoms with Crippen molar-refractivity contribution in [1.82, 2.24) is 4.98 Å². The van der Waals surface area contributed by atoms with Crippen LogP contribution in [0.5, 0.6) is 5.75 Å². The number of benzene rings is 1. The third-order valence-electron chi connectivity index (χ3n) is 2.32. The van der Waals surface area contributed by atoms with E-state index >= 15 is 0 Å². The summed E-state index contributed by atoms with van der Waals surface area (Å²) in [6.45, 7) is 0.219. The summed E-state index contributed by atoms with van der Waals surface area (Å²) in [7, 11) is 1.27. The number of nitrogens with one attached hydrogen (secondary N) is 1. The number of rotatable bonds is 4. The Hall–Kier alpha value is -1.21. The number of carbonyl (C=O) groups excluding carboxylic acids is 1. The number of thiazole rings is 1. The van der Waals surface area contributed by atoms with E-state index in [-0.39, 0.29) is 11.8 Å². The monoisotopic (exact) mass is 366 g/mol. The molecule has 0 unspecified atom stereocenters. The molecule has 0 spiro atoms. The maximum atomic E-state index is 11.1. The van der Waals surface area contributed by atoms with Crippen molar-refractivity contribution in [1.29, 1.82) is 0 Å². The SMILES string of the molecule is COC(=O)Nc1ccc(OCc2nc(Cl)c(Cl)s2)cc1Cl. The smallest absolute Gasteiger partial charge is 0.411 e. The Morgan fingerprint density at radius 1 is 1.38 bits per heavy atom. The fourth-order valence-electron chi connectivity index (χ4n) is 1.38. The number of anilines is 1. The molecule has 0 saturated heterocycles. The summed E-state index contributed by atoms with van der Waals surface area (Å²) in [6, 6.07) is 4.84. The summed E-state index contributed by atoms with van der Waals surface area (Å²) in [5.41, 5.74) is 0.427. The molecule has 0 aliphatic heterocycles. The van der Waals surface area contributed by atoms with Crippen LogP contribution in [-0.2, 0) is 11.3 Å². The molecule has 1 heterocycles. The second-order valence-electron chi connectivity index (χ2n) is 3.72. The fourth-order valence-corrected chi connectivity index (χ4v) is 2.76. The maximum absolute atomic E-state index is 11.1. The molecule has 1 amide bonds. The molecule has 5 nitrogen and oxygen atoms in total. The van der Waals surface area contributed by atoms with Crippen molar-refractivity contribution in [2.45, 2.75) is 6.61 Å². The molecular weight excluding hydrogens is 359 g/mol. The maximum Gasteiger partial charge on any atom is 0.411 e. The third kappa shape index (κ3) is 4.38. The van der Waals surface area contributed by atoms with Crippen molar-refractivity contribution in [3.63, 3.8) is 0 Å². The van der Waals surface area contributed by atoms with Gasteiger partial charge in [0.25, 0.3) is 0 Å². The number of amides is 1. The summed E-state index contributed by atoms with van der Waals surface area (Å²) in [4.78, 5) is 15.1. The van der Waals surface area contributed by atoms with E-state index in [1.54, 1.807) is 18.2 Å². The van der Waals surface area contributed by atoms with E-state index in [1.807, 2.05) is 0 Å². The molecule has 2 aromatic rings. The zero-order chi connectivity index (χ0) is 15.4. The second-order valence-corrected chi connectivity index (χ2v) is 6.17. The van der Waals surface area contributed by atoms with Gasteiger partial charge in [-0.25, -0.2) is 9.78 Å². The molecule has 1 aromatic heterocycles. The standard InChI is InChI=1S/C12H9Cl3N2O3S/c1-19-12(18)16-8-3-2-6(4-7(8)13)20-5-9-17-10(14)11(15)21-9/h2-4H,5H2,1H3,(H,16,18). The van der Waals surface area contributed by atoms with Gasteiger partial charge in [0, 0.05) is 6.07 Å². The van der Waals surface area contributed by atoms with Crippen LogP contribution in [0.25, 0.3) is 0 Å². The fraction of sp³-hybridized carbons (Fsp3) is 0.167. The third-order valence-corrected chi connectivity index (χ3v) is 4.34. The van der Waals surface area contributed by atoms with Crippen molar-refractivity contribution < 1.29 is 14.3 Å². The Kier molecular flexibility index (Phi) is 5.52. The van der Waals surface area contributed by atoms with Crippen LogP contribution in [0.2, 0.25) is 14.5 Å². The lowest BCUT2D eigenvalue weighted by atomic mass is 10.3. The van der Waals surface area contributed by atoms with E-state index in [1.165, 1.54) is 18.4 Å². The van der Waals surface area contributed by atoms with Gasteiger partial charge < -0.3 is 9.47 Å². The first-order valence-corrected chi connectivity index (χ1v) is 7.52. The van der Waals surface area contributed by atoms with Gasteiger partial charge >= 0.3 is 6.09 Å². The minimum Gasteiger partial charge on any atom is -0.486 e. The van der Waals surface area contributed by atoms with Gasteiger partial charge in [0.2, 0.25) is 0 Å². The van der Waals surface area contributed by atoms with Gasteiger partial charge in [0.15, 0.2) is 5.15 Å². The highest BCUT2D eigenvalue weighted by molar-refractivity contribution is 7.16. The molecule has 2 rings (SSSR count). The van der Waals surface area contributed by atoms with Gasteiger partial charge in [-0.3, -0.25) is 5.32 Å². The summed E-state index contributed by atoms with van der Waals surface area (Å²) >= 11 is 18.9. The Labute approximate surface area is 139 Å². The van der Waals surface area contributed by atoms with Crippen molar-refractivity contribution in [2.75, 3.05) is 12.4 Å². The Balaban J connectivity index is 2.01. The van der Waals surface area contributed by atoms with Crippen LogP contribution >= 0.6 is 46.1 Å². The Bertz CT molecular complexity index is 644. The summed E-state index contributed by atoms with van der Waals surface area (Å²) < 4.78 is 10.4. The average Bonchev–Trinajstić information content (AvgIpc) is 2.78. The molecule has 0 saturated carbocycles. The number of carbonyl (C=O) groups is 1. The summed E-state index contributed by atoms with van der Waals surface area (Å²) in [5, 5.41) is 3.72. The van der Waals surface area contributed by atoms with Crippen LogP contribution < -0.4 is 10.1 Å². The molecule has 9 heteroatoms. The van der Waals surface area contributed by atoms with Gasteiger partial charge in [-0.1, -0.05) is 34.8 Å². The molecule has 0 radical (unpaired) electrons. The van der Waals surface area contributed by atoms with Crippen LogP contribution in [0.4, 0.5) is 10.5 Å². The van der Waals surface area contributed by atoms with E-state index in [4.69, 9.17) is 39.5 Å². The van der Waals surface area contributed by atoms with Crippen LogP contribution in [0.1, 0.15) is 5.01 Å². The highest BCUT2D eigenvalue weighted by Gasteiger charge is 2.09. The van der Waals surface area contributed by atoms with Crippen molar-refractivity contribution >= 4 is 57.9 Å². The zero-order valence-electron chi connectivity index (χ0n) is 10.7. The number of hydrogen-bond acceptors (Lipinski definition) is 5.